The van der Waals surface area contributed by atoms with Crippen LogP contribution in [0.5, 0.6) is 0 Å². The fourth-order valence-electron chi connectivity index (χ4n) is 1.46. The Morgan fingerprint density at radius 2 is 2.06 bits per heavy atom. The standard InChI is InChI=1S/C12H10N2O3S/c1-17-10(15)7-9-11(16)14(12(13)18-9)8-5-3-2-4-6-8/h2-7,13H,1H3/b9-7-,13-12?. The van der Waals surface area contributed by atoms with E-state index < -0.39 is 5.97 Å². The quantitative estimate of drug-likeness (QED) is 0.651. The van der Waals surface area contributed by atoms with Crippen LogP contribution in [0.15, 0.2) is 41.3 Å². The third kappa shape index (κ3) is 2.28. The molecular weight excluding hydrogens is 252 g/mol. The number of thioether (sulfide) groups is 1. The van der Waals surface area contributed by atoms with Crippen LogP contribution in [0.3, 0.4) is 0 Å². The van der Waals surface area contributed by atoms with Gasteiger partial charge in [0.25, 0.3) is 5.91 Å². The minimum absolute atomic E-state index is 0.0707. The van der Waals surface area contributed by atoms with Crippen molar-refractivity contribution >= 4 is 34.5 Å². The van der Waals surface area contributed by atoms with E-state index in [0.717, 1.165) is 17.8 Å². The molecule has 0 aliphatic carbocycles. The highest BCUT2D eigenvalue weighted by molar-refractivity contribution is 8.19. The molecule has 0 radical (unpaired) electrons. The van der Waals surface area contributed by atoms with E-state index in [-0.39, 0.29) is 16.0 Å². The molecule has 92 valence electrons. The number of para-hydroxylation sites is 1. The van der Waals surface area contributed by atoms with Crippen molar-refractivity contribution in [2.75, 3.05) is 12.0 Å². The normalized spacial score (nSPS) is 17.4. The number of carbonyl (C=O) groups excluding carboxylic acids is 2. The molecule has 0 bridgehead atoms. The third-order valence-electron chi connectivity index (χ3n) is 2.29. The van der Waals surface area contributed by atoms with Crippen LogP contribution in [0.2, 0.25) is 0 Å². The topological polar surface area (TPSA) is 70.5 Å². The van der Waals surface area contributed by atoms with Gasteiger partial charge in [0.1, 0.15) is 0 Å². The number of nitrogens with one attached hydrogen (secondary N) is 1. The number of esters is 1. The minimum atomic E-state index is -0.603. The van der Waals surface area contributed by atoms with E-state index in [0.29, 0.717) is 5.69 Å². The number of hydrogen-bond acceptors (Lipinski definition) is 5. The Hall–Kier alpha value is -2.08. The first kappa shape index (κ1) is 12.4. The molecule has 1 aliphatic rings. The highest BCUT2D eigenvalue weighted by Crippen LogP contribution is 2.33. The van der Waals surface area contributed by atoms with Gasteiger partial charge >= 0.3 is 5.97 Å². The summed E-state index contributed by atoms with van der Waals surface area (Å²) in [5.41, 5.74) is 0.605. The number of nitrogens with zero attached hydrogens (tertiary/aromatic N) is 1. The Morgan fingerprint density at radius 3 is 2.67 bits per heavy atom. The highest BCUT2D eigenvalue weighted by atomic mass is 32.2. The number of methoxy groups -OCH3 is 1. The smallest absolute Gasteiger partial charge is 0.331 e. The van der Waals surface area contributed by atoms with Crippen LogP contribution < -0.4 is 4.90 Å². The molecule has 0 aromatic heterocycles. The van der Waals surface area contributed by atoms with Crippen molar-refractivity contribution < 1.29 is 14.3 Å². The van der Waals surface area contributed by atoms with Gasteiger partial charge in [-0.1, -0.05) is 18.2 Å². The number of anilines is 1. The van der Waals surface area contributed by atoms with Crippen LogP contribution in [-0.4, -0.2) is 24.2 Å². The summed E-state index contributed by atoms with van der Waals surface area (Å²) in [6.45, 7) is 0. The van der Waals surface area contributed by atoms with Gasteiger partial charge in [-0.2, -0.15) is 0 Å². The average molecular weight is 262 g/mol. The van der Waals surface area contributed by atoms with E-state index in [4.69, 9.17) is 5.41 Å². The Kier molecular flexibility index (Phi) is 3.47. The maximum absolute atomic E-state index is 12.1. The molecule has 1 amide bonds. The third-order valence-corrected chi connectivity index (χ3v) is 3.18. The lowest BCUT2D eigenvalue weighted by molar-refractivity contribution is -0.135. The molecule has 1 aromatic rings. The van der Waals surface area contributed by atoms with Gasteiger partial charge in [0.2, 0.25) is 0 Å². The zero-order valence-electron chi connectivity index (χ0n) is 9.54. The predicted molar refractivity (Wildman–Crippen MR) is 69.3 cm³/mol. The zero-order chi connectivity index (χ0) is 13.1. The molecule has 6 heteroatoms. The fraction of sp³-hybridized carbons (Fsp3) is 0.0833. The molecule has 18 heavy (non-hydrogen) atoms. The van der Waals surface area contributed by atoms with Gasteiger partial charge in [-0.15, -0.1) is 0 Å². The van der Waals surface area contributed by atoms with Gasteiger partial charge in [0, 0.05) is 6.08 Å². The first-order chi connectivity index (χ1) is 8.63. The molecule has 0 unspecified atom stereocenters. The van der Waals surface area contributed by atoms with Gasteiger partial charge < -0.3 is 4.74 Å². The highest BCUT2D eigenvalue weighted by Gasteiger charge is 2.34. The van der Waals surface area contributed by atoms with Crippen molar-refractivity contribution in [2.24, 2.45) is 0 Å². The number of carbonyl (C=O) groups is 2. The van der Waals surface area contributed by atoms with Crippen molar-refractivity contribution in [1.82, 2.24) is 0 Å². The van der Waals surface area contributed by atoms with E-state index in [9.17, 15) is 9.59 Å². The van der Waals surface area contributed by atoms with Crippen LogP contribution in [0.25, 0.3) is 0 Å². The van der Waals surface area contributed by atoms with Crippen molar-refractivity contribution in [3.63, 3.8) is 0 Å². The van der Waals surface area contributed by atoms with Crippen LogP contribution >= 0.6 is 11.8 Å². The number of ether oxygens (including phenoxy) is 1. The maximum atomic E-state index is 12.1. The molecule has 1 heterocycles. The number of rotatable bonds is 2. The van der Waals surface area contributed by atoms with Gasteiger partial charge in [0.05, 0.1) is 17.7 Å². The lowest BCUT2D eigenvalue weighted by Crippen LogP contribution is -2.28. The lowest BCUT2D eigenvalue weighted by Gasteiger charge is -2.13. The molecule has 1 N–H and O–H groups in total. The van der Waals surface area contributed by atoms with Crippen molar-refractivity contribution in [2.45, 2.75) is 0 Å². The molecule has 1 saturated heterocycles. The van der Waals surface area contributed by atoms with Crippen LogP contribution in [0.4, 0.5) is 5.69 Å². The van der Waals surface area contributed by atoms with Crippen LogP contribution in [0, 0.1) is 5.41 Å². The first-order valence-electron chi connectivity index (χ1n) is 5.09. The Morgan fingerprint density at radius 1 is 1.39 bits per heavy atom. The largest absolute Gasteiger partial charge is 0.466 e. The molecule has 0 saturated carbocycles. The predicted octanol–water partition coefficient (Wildman–Crippen LogP) is 1.76. The summed E-state index contributed by atoms with van der Waals surface area (Å²) in [4.78, 5) is 24.6. The first-order valence-corrected chi connectivity index (χ1v) is 5.90. The van der Waals surface area contributed by atoms with Gasteiger partial charge in [-0.25, -0.2) is 4.79 Å². The number of hydrogen-bond donors (Lipinski definition) is 1. The number of benzene rings is 1. The molecule has 0 atom stereocenters. The second kappa shape index (κ2) is 5.05. The van der Waals surface area contributed by atoms with Crippen molar-refractivity contribution in [3.05, 3.63) is 41.3 Å². The summed E-state index contributed by atoms with van der Waals surface area (Å²) in [7, 11) is 1.24. The van der Waals surface area contributed by atoms with Crippen LogP contribution in [-0.2, 0) is 14.3 Å². The summed E-state index contributed by atoms with van der Waals surface area (Å²) in [5.74, 6) is -0.991. The van der Waals surface area contributed by atoms with E-state index in [1.807, 2.05) is 6.07 Å². The lowest BCUT2D eigenvalue weighted by atomic mass is 10.3. The van der Waals surface area contributed by atoms with Gasteiger partial charge in [-0.05, 0) is 23.9 Å². The minimum Gasteiger partial charge on any atom is -0.466 e. The van der Waals surface area contributed by atoms with Crippen molar-refractivity contribution in [3.8, 4) is 0 Å². The fourth-order valence-corrected chi connectivity index (χ4v) is 2.29. The summed E-state index contributed by atoms with van der Waals surface area (Å²) in [6.07, 6.45) is 1.10. The Labute approximate surface area is 108 Å². The molecule has 1 aromatic carbocycles. The molecule has 0 spiro atoms. The molecule has 2 rings (SSSR count). The summed E-state index contributed by atoms with van der Waals surface area (Å²) in [5, 5.41) is 7.85. The maximum Gasteiger partial charge on any atom is 0.331 e. The van der Waals surface area contributed by atoms with E-state index in [1.54, 1.807) is 24.3 Å². The SMILES string of the molecule is COC(=O)/C=C1\SC(=N)N(c2ccccc2)C1=O. The number of amides is 1. The van der Waals surface area contributed by atoms with E-state index in [1.165, 1.54) is 12.0 Å². The van der Waals surface area contributed by atoms with Crippen molar-refractivity contribution in [1.29, 1.82) is 5.41 Å². The number of amidine groups is 1. The second-order valence-corrected chi connectivity index (χ2v) is 4.45. The average Bonchev–Trinajstić information content (AvgIpc) is 2.65. The zero-order valence-corrected chi connectivity index (χ0v) is 10.4. The summed E-state index contributed by atoms with van der Waals surface area (Å²) < 4.78 is 4.47. The molecule has 5 nitrogen and oxygen atoms in total. The van der Waals surface area contributed by atoms with E-state index >= 15 is 0 Å². The Bertz CT molecular complexity index is 540. The molecule has 1 fully saturated rings. The molecular formula is C12H10N2O3S. The Balaban J connectivity index is 2.31. The van der Waals surface area contributed by atoms with E-state index in [2.05, 4.69) is 4.74 Å². The summed E-state index contributed by atoms with van der Waals surface area (Å²) in [6, 6.07) is 8.85. The second-order valence-electron chi connectivity index (χ2n) is 3.42. The van der Waals surface area contributed by atoms with Crippen LogP contribution in [0.1, 0.15) is 0 Å². The monoisotopic (exact) mass is 262 g/mol. The summed E-state index contributed by atoms with van der Waals surface area (Å²) >= 11 is 0.940. The van der Waals surface area contributed by atoms with Gasteiger partial charge in [0.15, 0.2) is 5.17 Å². The van der Waals surface area contributed by atoms with Gasteiger partial charge in [-0.3, -0.25) is 15.1 Å². The molecule has 1 aliphatic heterocycles.